The van der Waals surface area contributed by atoms with Crippen molar-refractivity contribution in [2.75, 3.05) is 27.3 Å². The van der Waals surface area contributed by atoms with E-state index in [4.69, 9.17) is 0 Å². The van der Waals surface area contributed by atoms with Crippen LogP contribution in [0, 0.1) is 0 Å². The lowest BCUT2D eigenvalue weighted by Gasteiger charge is -2.17. The van der Waals surface area contributed by atoms with Gasteiger partial charge in [0.2, 0.25) is 0 Å². The van der Waals surface area contributed by atoms with Gasteiger partial charge in [0.05, 0.1) is 0 Å². The number of methoxy groups -OCH3 is 1. The minimum Gasteiger partial charge on any atom is -0.385 e. The van der Waals surface area contributed by atoms with Gasteiger partial charge in [0.15, 0.2) is 0 Å². The molecule has 0 aromatic heterocycles. The summed E-state index contributed by atoms with van der Waals surface area (Å²) < 4.78 is 40.0. The van der Waals surface area contributed by atoms with Gasteiger partial charge in [-0.15, -0.1) is 0 Å². The minimum absolute atomic E-state index is 0.0478. The second kappa shape index (κ2) is 5.06. The largest absolute Gasteiger partial charge is 0.471 e. The smallest absolute Gasteiger partial charge is 0.385 e. The first-order valence-electron chi connectivity index (χ1n) is 3.71. The molecule has 0 radical (unpaired) electrons. The number of halogens is 3. The van der Waals surface area contributed by atoms with Crippen molar-refractivity contribution in [3.05, 3.63) is 0 Å². The van der Waals surface area contributed by atoms with Crippen molar-refractivity contribution < 1.29 is 22.7 Å². The first kappa shape index (κ1) is 12.2. The van der Waals surface area contributed by atoms with Crippen molar-refractivity contribution in [1.29, 1.82) is 0 Å². The molecule has 0 aliphatic carbocycles. The molecule has 6 heteroatoms. The van der Waals surface area contributed by atoms with E-state index in [1.165, 1.54) is 7.11 Å². The number of carbonyl (C=O) groups is 1. The summed E-state index contributed by atoms with van der Waals surface area (Å²) in [7, 11) is 2.57. The molecule has 0 aliphatic heterocycles. The summed E-state index contributed by atoms with van der Waals surface area (Å²) in [5, 5.41) is 0. The fraction of sp³-hybridized carbons (Fsp3) is 0.857. The molecule has 0 N–H and O–H groups in total. The average Bonchev–Trinajstić information content (AvgIpc) is 2.01. The van der Waals surface area contributed by atoms with E-state index in [1.54, 1.807) is 0 Å². The van der Waals surface area contributed by atoms with Crippen LogP contribution in [0.3, 0.4) is 0 Å². The molecule has 13 heavy (non-hydrogen) atoms. The van der Waals surface area contributed by atoms with Crippen LogP contribution in [0.15, 0.2) is 0 Å². The Morgan fingerprint density at radius 2 is 2.00 bits per heavy atom. The van der Waals surface area contributed by atoms with Crippen LogP contribution in [0.1, 0.15) is 6.42 Å². The monoisotopic (exact) mass is 199 g/mol. The summed E-state index contributed by atoms with van der Waals surface area (Å²) in [5.41, 5.74) is 0. The summed E-state index contributed by atoms with van der Waals surface area (Å²) >= 11 is 0. The number of ether oxygens (including phenoxy) is 1. The molecule has 0 aromatic carbocycles. The number of alkyl halides is 3. The van der Waals surface area contributed by atoms with Crippen molar-refractivity contribution >= 4 is 5.91 Å². The highest BCUT2D eigenvalue weighted by Gasteiger charge is 2.40. The summed E-state index contributed by atoms with van der Waals surface area (Å²) in [6.07, 6.45) is -4.38. The van der Waals surface area contributed by atoms with E-state index in [1.807, 2.05) is 0 Å². The van der Waals surface area contributed by atoms with Crippen LogP contribution in [-0.2, 0) is 9.53 Å². The molecular formula is C7H12F3NO2. The van der Waals surface area contributed by atoms with Crippen molar-refractivity contribution in [2.24, 2.45) is 0 Å². The van der Waals surface area contributed by atoms with Crippen molar-refractivity contribution in [3.8, 4) is 0 Å². The standard InChI is InChI=1S/C7H12F3NO2/c1-11(4-3-5-13-2)6(12)7(8,9)10/h3-5H2,1-2H3. The molecule has 3 nitrogen and oxygen atoms in total. The Labute approximate surface area is 74.5 Å². The lowest BCUT2D eigenvalue weighted by Crippen LogP contribution is -2.39. The van der Waals surface area contributed by atoms with Gasteiger partial charge in [0.1, 0.15) is 0 Å². The second-order valence-corrected chi connectivity index (χ2v) is 2.57. The van der Waals surface area contributed by atoms with E-state index in [2.05, 4.69) is 4.74 Å². The highest BCUT2D eigenvalue weighted by Crippen LogP contribution is 2.17. The summed E-state index contributed by atoms with van der Waals surface area (Å²) in [6, 6.07) is 0. The van der Waals surface area contributed by atoms with Gasteiger partial charge in [-0.1, -0.05) is 0 Å². The minimum atomic E-state index is -4.78. The van der Waals surface area contributed by atoms with Crippen molar-refractivity contribution in [3.63, 3.8) is 0 Å². The molecule has 0 heterocycles. The number of nitrogens with zero attached hydrogens (tertiary/aromatic N) is 1. The maximum Gasteiger partial charge on any atom is 0.471 e. The fourth-order valence-electron chi connectivity index (χ4n) is 0.764. The highest BCUT2D eigenvalue weighted by molar-refractivity contribution is 5.81. The topological polar surface area (TPSA) is 29.5 Å². The molecule has 0 saturated carbocycles. The zero-order chi connectivity index (χ0) is 10.5. The normalized spacial score (nSPS) is 11.5. The Morgan fingerprint density at radius 1 is 1.46 bits per heavy atom. The van der Waals surface area contributed by atoms with Crippen LogP contribution >= 0.6 is 0 Å². The van der Waals surface area contributed by atoms with E-state index in [0.29, 0.717) is 17.9 Å². The van der Waals surface area contributed by atoms with Gasteiger partial charge in [-0.2, -0.15) is 13.2 Å². The third kappa shape index (κ3) is 4.72. The summed E-state index contributed by atoms with van der Waals surface area (Å²) in [4.78, 5) is 11.2. The van der Waals surface area contributed by atoms with Crippen LogP contribution in [0.25, 0.3) is 0 Å². The Kier molecular flexibility index (Phi) is 4.76. The van der Waals surface area contributed by atoms with Crippen LogP contribution in [0.2, 0.25) is 0 Å². The van der Waals surface area contributed by atoms with E-state index >= 15 is 0 Å². The van der Waals surface area contributed by atoms with Crippen molar-refractivity contribution in [1.82, 2.24) is 4.90 Å². The van der Waals surface area contributed by atoms with Crippen LogP contribution in [0.5, 0.6) is 0 Å². The maximum absolute atomic E-state index is 11.8. The molecular weight excluding hydrogens is 187 g/mol. The van der Waals surface area contributed by atoms with Gasteiger partial charge in [-0.05, 0) is 6.42 Å². The molecule has 0 aliphatic rings. The van der Waals surface area contributed by atoms with E-state index in [0.717, 1.165) is 7.05 Å². The third-order valence-electron chi connectivity index (χ3n) is 1.43. The quantitative estimate of drug-likeness (QED) is 0.633. The Hall–Kier alpha value is -0.780. The van der Waals surface area contributed by atoms with Crippen LogP contribution in [0.4, 0.5) is 13.2 Å². The predicted octanol–water partition coefficient (Wildman–Crippen LogP) is 1.04. The Morgan fingerprint density at radius 3 is 2.38 bits per heavy atom. The zero-order valence-corrected chi connectivity index (χ0v) is 7.52. The molecule has 0 rings (SSSR count). The summed E-state index contributed by atoms with van der Waals surface area (Å²) in [6.45, 7) is 0.391. The van der Waals surface area contributed by atoms with Gasteiger partial charge < -0.3 is 9.64 Å². The molecule has 78 valence electrons. The van der Waals surface area contributed by atoms with Gasteiger partial charge in [-0.3, -0.25) is 4.79 Å². The molecule has 0 fully saturated rings. The van der Waals surface area contributed by atoms with E-state index in [-0.39, 0.29) is 6.54 Å². The number of amides is 1. The first-order chi connectivity index (χ1) is 5.89. The fourth-order valence-corrected chi connectivity index (χ4v) is 0.764. The van der Waals surface area contributed by atoms with Crippen LogP contribution < -0.4 is 0 Å². The molecule has 0 aromatic rings. The average molecular weight is 199 g/mol. The lowest BCUT2D eigenvalue weighted by molar-refractivity contribution is -0.184. The lowest BCUT2D eigenvalue weighted by atomic mass is 10.4. The second-order valence-electron chi connectivity index (χ2n) is 2.57. The van der Waals surface area contributed by atoms with Crippen molar-refractivity contribution in [2.45, 2.75) is 12.6 Å². The Bertz CT molecular complexity index is 170. The Balaban J connectivity index is 3.84. The molecule has 0 saturated heterocycles. The number of hydrogen-bond donors (Lipinski definition) is 0. The summed E-state index contributed by atoms with van der Waals surface area (Å²) in [5.74, 6) is -1.82. The van der Waals surface area contributed by atoms with Gasteiger partial charge in [0, 0.05) is 27.3 Å². The van der Waals surface area contributed by atoms with Gasteiger partial charge in [0.25, 0.3) is 0 Å². The van der Waals surface area contributed by atoms with Crippen LogP contribution in [-0.4, -0.2) is 44.3 Å². The first-order valence-corrected chi connectivity index (χ1v) is 3.71. The third-order valence-corrected chi connectivity index (χ3v) is 1.43. The molecule has 0 atom stereocenters. The number of carbonyl (C=O) groups excluding carboxylic acids is 1. The van der Waals surface area contributed by atoms with Gasteiger partial charge in [-0.25, -0.2) is 0 Å². The van der Waals surface area contributed by atoms with Gasteiger partial charge >= 0.3 is 12.1 Å². The maximum atomic E-state index is 11.8. The molecule has 0 spiro atoms. The highest BCUT2D eigenvalue weighted by atomic mass is 19.4. The number of rotatable bonds is 4. The molecule has 0 bridgehead atoms. The molecule has 0 unspecified atom stereocenters. The SMILES string of the molecule is COCCCN(C)C(=O)C(F)(F)F. The predicted molar refractivity (Wildman–Crippen MR) is 40.2 cm³/mol. The molecule has 1 amide bonds. The number of hydrogen-bond acceptors (Lipinski definition) is 2. The van der Waals surface area contributed by atoms with E-state index in [9.17, 15) is 18.0 Å². The van der Waals surface area contributed by atoms with E-state index < -0.39 is 12.1 Å². The zero-order valence-electron chi connectivity index (χ0n) is 7.52.